The van der Waals surface area contributed by atoms with Crippen LogP contribution in [0.5, 0.6) is 5.75 Å². The second-order valence-electron chi connectivity index (χ2n) is 6.27. The number of aromatic nitrogens is 1. The molecule has 1 aromatic heterocycles. The lowest BCUT2D eigenvalue weighted by Gasteiger charge is -2.18. The minimum atomic E-state index is -1.89. The Morgan fingerprint density at radius 2 is 2.19 bits per heavy atom. The Morgan fingerprint density at radius 1 is 1.44 bits per heavy atom. The van der Waals surface area contributed by atoms with Crippen LogP contribution in [0, 0.1) is 15.3 Å². The van der Waals surface area contributed by atoms with Gasteiger partial charge in [-0.1, -0.05) is 4.21 Å². The Bertz CT molecular complexity index is 953. The highest BCUT2D eigenvalue weighted by Gasteiger charge is 2.47. The van der Waals surface area contributed by atoms with Crippen molar-refractivity contribution in [3.63, 3.8) is 0 Å². The molecule has 2 aromatic rings. The molecule has 10 heteroatoms. The number of methoxy groups -OCH3 is 1. The Kier molecular flexibility index (Phi) is 6.06. The monoisotopic (exact) mass is 508 g/mol. The molecular formula is C17H20FIN3O4S+. The maximum atomic E-state index is 14.3. The number of pyridine rings is 1. The lowest BCUT2D eigenvalue weighted by Crippen LogP contribution is -2.22. The van der Waals surface area contributed by atoms with Gasteiger partial charge in [-0.25, -0.2) is 9.11 Å². The number of thiol groups is 1. The van der Waals surface area contributed by atoms with Crippen LogP contribution in [-0.2, 0) is 22.2 Å². The SMILES string of the molecule is COc1cc(=O)n(C)c(Nc2ccc(I)cc2F)c1N[SH+](=O)C1CC1CO. The van der Waals surface area contributed by atoms with Crippen LogP contribution in [0.15, 0.2) is 29.1 Å². The molecule has 3 unspecified atom stereocenters. The number of halogens is 2. The van der Waals surface area contributed by atoms with E-state index in [1.165, 1.54) is 30.9 Å². The van der Waals surface area contributed by atoms with Crippen molar-refractivity contribution in [1.82, 2.24) is 4.57 Å². The van der Waals surface area contributed by atoms with Gasteiger partial charge in [-0.2, -0.15) is 0 Å². The smallest absolute Gasteiger partial charge is 0.255 e. The number of hydrogen-bond acceptors (Lipinski definition) is 5. The van der Waals surface area contributed by atoms with Gasteiger partial charge in [0.1, 0.15) is 16.9 Å². The number of ether oxygens (including phenoxy) is 1. The lowest BCUT2D eigenvalue weighted by atomic mass is 10.3. The van der Waals surface area contributed by atoms with Gasteiger partial charge in [0, 0.05) is 29.0 Å². The van der Waals surface area contributed by atoms with Crippen molar-refractivity contribution in [1.29, 1.82) is 0 Å². The zero-order valence-electron chi connectivity index (χ0n) is 14.7. The van der Waals surface area contributed by atoms with Gasteiger partial charge in [0.25, 0.3) is 5.56 Å². The van der Waals surface area contributed by atoms with Crippen LogP contribution in [0.4, 0.5) is 21.6 Å². The first-order valence-electron chi connectivity index (χ1n) is 8.19. The standard InChI is InChI=1S/C17H19FIN3O4S/c1-22-15(24)7-13(26-2)16(21-27(25)14-5-9(14)8-23)17(22)20-12-4-3-10(19)6-11(12)18/h3-4,6-7,9,14,20,23H,5,8H2,1-2H3,(H,21,25)/p+1. The van der Waals surface area contributed by atoms with Crippen LogP contribution in [-0.4, -0.2) is 28.6 Å². The van der Waals surface area contributed by atoms with E-state index in [1.54, 1.807) is 12.1 Å². The molecule has 3 rings (SSSR count). The van der Waals surface area contributed by atoms with E-state index in [9.17, 15) is 18.5 Å². The van der Waals surface area contributed by atoms with Crippen molar-refractivity contribution in [2.24, 2.45) is 13.0 Å². The predicted octanol–water partition coefficient (Wildman–Crippen LogP) is 2.29. The van der Waals surface area contributed by atoms with Crippen LogP contribution < -0.4 is 20.3 Å². The van der Waals surface area contributed by atoms with Gasteiger partial charge < -0.3 is 15.2 Å². The summed E-state index contributed by atoms with van der Waals surface area (Å²) in [5.41, 5.74) is 0.125. The van der Waals surface area contributed by atoms with Gasteiger partial charge in [0.05, 0.1) is 19.4 Å². The third-order valence-corrected chi connectivity index (χ3v) is 6.80. The van der Waals surface area contributed by atoms with E-state index in [1.807, 2.05) is 22.6 Å². The fraction of sp³-hybridized carbons (Fsp3) is 0.353. The van der Waals surface area contributed by atoms with E-state index in [4.69, 9.17) is 4.74 Å². The van der Waals surface area contributed by atoms with Gasteiger partial charge >= 0.3 is 0 Å². The zero-order chi connectivity index (χ0) is 19.7. The molecule has 1 fully saturated rings. The molecule has 7 nitrogen and oxygen atoms in total. The average Bonchev–Trinajstić information content (AvgIpc) is 3.42. The lowest BCUT2D eigenvalue weighted by molar-refractivity contribution is 0.277. The number of benzene rings is 1. The highest BCUT2D eigenvalue weighted by Crippen LogP contribution is 2.39. The predicted molar refractivity (Wildman–Crippen MR) is 113 cm³/mol. The van der Waals surface area contributed by atoms with Crippen molar-refractivity contribution < 1.29 is 18.4 Å². The summed E-state index contributed by atoms with van der Waals surface area (Å²) in [5, 5.41) is 12.0. The molecule has 1 saturated carbocycles. The summed E-state index contributed by atoms with van der Waals surface area (Å²) in [6.07, 6.45) is 0.668. The van der Waals surface area contributed by atoms with Gasteiger partial charge in [-0.05, 0) is 40.8 Å². The van der Waals surface area contributed by atoms with Crippen molar-refractivity contribution in [3.8, 4) is 5.75 Å². The van der Waals surface area contributed by atoms with Gasteiger partial charge in [-0.15, -0.1) is 0 Å². The van der Waals surface area contributed by atoms with Crippen LogP contribution in [0.25, 0.3) is 0 Å². The number of nitrogens with zero attached hydrogens (tertiary/aromatic N) is 1. The van der Waals surface area contributed by atoms with Crippen molar-refractivity contribution in [2.75, 3.05) is 23.8 Å². The summed E-state index contributed by atoms with van der Waals surface area (Å²) < 4.78 is 37.1. The highest BCUT2D eigenvalue weighted by molar-refractivity contribution is 14.1. The number of rotatable bonds is 7. The summed E-state index contributed by atoms with van der Waals surface area (Å²) >= 11 is 2.00. The first kappa shape index (κ1) is 20.1. The molecule has 1 aromatic carbocycles. The molecule has 0 saturated heterocycles. The molecule has 1 aliphatic rings. The normalized spacial score (nSPS) is 19.4. The van der Waals surface area contributed by atoms with E-state index in [0.29, 0.717) is 12.1 Å². The summed E-state index contributed by atoms with van der Waals surface area (Å²) in [4.78, 5) is 12.2. The van der Waals surface area contributed by atoms with Gasteiger partial charge in [0.15, 0.2) is 22.4 Å². The van der Waals surface area contributed by atoms with Crippen LogP contribution in [0.3, 0.4) is 0 Å². The molecule has 146 valence electrons. The van der Waals surface area contributed by atoms with E-state index in [-0.39, 0.29) is 40.6 Å². The van der Waals surface area contributed by atoms with Gasteiger partial charge in [-0.3, -0.25) is 9.36 Å². The fourth-order valence-corrected chi connectivity index (χ4v) is 4.71. The van der Waals surface area contributed by atoms with E-state index >= 15 is 0 Å². The molecule has 27 heavy (non-hydrogen) atoms. The second kappa shape index (κ2) is 8.15. The molecule has 0 aliphatic heterocycles. The maximum absolute atomic E-state index is 14.3. The fourth-order valence-electron chi connectivity index (χ4n) is 2.72. The summed E-state index contributed by atoms with van der Waals surface area (Å²) in [7, 11) is 1.04. The van der Waals surface area contributed by atoms with Crippen LogP contribution in [0.2, 0.25) is 0 Å². The Balaban J connectivity index is 2.01. The quantitative estimate of drug-likeness (QED) is 0.303. The third kappa shape index (κ3) is 4.27. The molecule has 1 aliphatic carbocycles. The number of aliphatic hydroxyl groups is 1. The Labute approximate surface area is 171 Å². The molecule has 1 heterocycles. The first-order valence-corrected chi connectivity index (χ1v) is 10.6. The van der Waals surface area contributed by atoms with Crippen molar-refractivity contribution in [3.05, 3.63) is 44.0 Å². The molecule has 0 amide bonds. The maximum Gasteiger partial charge on any atom is 0.255 e. The first-order chi connectivity index (χ1) is 12.8. The highest BCUT2D eigenvalue weighted by atomic mass is 127. The number of anilines is 3. The topological polar surface area (TPSA) is 92.6 Å². The third-order valence-electron chi connectivity index (χ3n) is 4.45. The molecule has 3 N–H and O–H groups in total. The van der Waals surface area contributed by atoms with Crippen molar-refractivity contribution in [2.45, 2.75) is 11.7 Å². The van der Waals surface area contributed by atoms with E-state index in [2.05, 4.69) is 10.0 Å². The average molecular weight is 508 g/mol. The minimum absolute atomic E-state index is 0.00434. The largest absolute Gasteiger partial charge is 0.494 e. The number of aliphatic hydroxyl groups excluding tert-OH is 1. The Hall–Kier alpha value is -1.66. The van der Waals surface area contributed by atoms with Crippen molar-refractivity contribution >= 4 is 50.8 Å². The second-order valence-corrected chi connectivity index (χ2v) is 9.05. The van der Waals surface area contributed by atoms with E-state index < -0.39 is 16.8 Å². The summed E-state index contributed by atoms with van der Waals surface area (Å²) in [5.74, 6) is -0.0280. The number of nitrogens with one attached hydrogen (secondary N) is 2. The summed E-state index contributed by atoms with van der Waals surface area (Å²) in [6.45, 7) is -0.0171. The summed E-state index contributed by atoms with van der Waals surface area (Å²) in [6, 6.07) is 5.93. The minimum Gasteiger partial charge on any atom is -0.494 e. The molecule has 0 radical (unpaired) electrons. The molecule has 0 spiro atoms. The zero-order valence-corrected chi connectivity index (χ0v) is 17.8. The number of hydrogen-bond donors (Lipinski definition) is 3. The Morgan fingerprint density at radius 3 is 2.78 bits per heavy atom. The van der Waals surface area contributed by atoms with E-state index in [0.717, 1.165) is 3.57 Å². The van der Waals surface area contributed by atoms with Crippen LogP contribution in [0.1, 0.15) is 6.42 Å². The van der Waals surface area contributed by atoms with Gasteiger partial charge in [0.2, 0.25) is 0 Å². The van der Waals surface area contributed by atoms with Crippen LogP contribution >= 0.6 is 22.6 Å². The molecular weight excluding hydrogens is 488 g/mol. The molecule has 0 bridgehead atoms. The molecule has 3 atom stereocenters.